The SMILES string of the molecule is CC(C)NC(=O)CCSC1=CC(=O)C=CC1=O. The molecule has 1 aliphatic rings. The van der Waals surface area contributed by atoms with Gasteiger partial charge in [0.15, 0.2) is 11.6 Å². The van der Waals surface area contributed by atoms with Crippen molar-refractivity contribution in [3.05, 3.63) is 23.1 Å². The first kappa shape index (κ1) is 13.7. The summed E-state index contributed by atoms with van der Waals surface area (Å²) in [6.07, 6.45) is 4.16. The van der Waals surface area contributed by atoms with Crippen LogP contribution in [0.1, 0.15) is 20.3 Å². The fourth-order valence-corrected chi connectivity index (χ4v) is 2.17. The smallest absolute Gasteiger partial charge is 0.221 e. The van der Waals surface area contributed by atoms with Gasteiger partial charge in [-0.05, 0) is 26.0 Å². The maximum absolute atomic E-state index is 11.4. The van der Waals surface area contributed by atoms with Crippen molar-refractivity contribution in [2.45, 2.75) is 26.3 Å². The van der Waals surface area contributed by atoms with E-state index in [1.54, 1.807) is 0 Å². The number of carbonyl (C=O) groups excluding carboxylic acids is 3. The molecule has 0 saturated heterocycles. The lowest BCUT2D eigenvalue weighted by Crippen LogP contribution is -2.30. The highest BCUT2D eigenvalue weighted by molar-refractivity contribution is 8.04. The maximum Gasteiger partial charge on any atom is 0.221 e. The first-order chi connectivity index (χ1) is 7.99. The zero-order chi connectivity index (χ0) is 12.8. The number of carbonyl (C=O) groups is 3. The van der Waals surface area contributed by atoms with Crippen molar-refractivity contribution in [3.63, 3.8) is 0 Å². The topological polar surface area (TPSA) is 63.2 Å². The molecule has 92 valence electrons. The number of hydrogen-bond donors (Lipinski definition) is 1. The first-order valence-electron chi connectivity index (χ1n) is 5.39. The number of thioether (sulfide) groups is 1. The summed E-state index contributed by atoms with van der Waals surface area (Å²) in [4.78, 5) is 34.2. The van der Waals surface area contributed by atoms with Gasteiger partial charge in [-0.1, -0.05) is 0 Å². The van der Waals surface area contributed by atoms with E-state index in [0.29, 0.717) is 17.1 Å². The summed E-state index contributed by atoms with van der Waals surface area (Å²) in [5.41, 5.74) is 0. The van der Waals surface area contributed by atoms with Gasteiger partial charge in [-0.3, -0.25) is 14.4 Å². The van der Waals surface area contributed by atoms with Gasteiger partial charge in [0, 0.05) is 24.3 Å². The van der Waals surface area contributed by atoms with Crippen LogP contribution in [0.4, 0.5) is 0 Å². The van der Waals surface area contributed by atoms with E-state index in [4.69, 9.17) is 0 Å². The Morgan fingerprint density at radius 3 is 2.71 bits per heavy atom. The third-order valence-electron chi connectivity index (χ3n) is 1.95. The van der Waals surface area contributed by atoms with Crippen LogP contribution in [0.5, 0.6) is 0 Å². The van der Waals surface area contributed by atoms with Gasteiger partial charge in [-0.2, -0.15) is 0 Å². The van der Waals surface area contributed by atoms with Gasteiger partial charge in [0.05, 0.1) is 4.91 Å². The fraction of sp³-hybridized carbons (Fsp3) is 0.417. The molecule has 1 N–H and O–H groups in total. The Morgan fingerprint density at radius 1 is 1.35 bits per heavy atom. The van der Waals surface area contributed by atoms with Crippen molar-refractivity contribution in [2.75, 3.05) is 5.75 Å². The Balaban J connectivity index is 2.34. The molecule has 1 aliphatic carbocycles. The standard InChI is InChI=1S/C12H15NO3S/c1-8(2)13-12(16)5-6-17-11-7-9(14)3-4-10(11)15/h3-4,7-8H,5-6H2,1-2H3,(H,13,16). The molecule has 0 unspecified atom stereocenters. The molecule has 0 atom stereocenters. The Kier molecular flexibility index (Phi) is 5.15. The van der Waals surface area contributed by atoms with E-state index in [2.05, 4.69) is 5.32 Å². The van der Waals surface area contributed by atoms with Gasteiger partial charge >= 0.3 is 0 Å². The molecule has 5 heteroatoms. The van der Waals surface area contributed by atoms with Crippen LogP contribution in [0.3, 0.4) is 0 Å². The molecule has 0 bridgehead atoms. The lowest BCUT2D eigenvalue weighted by atomic mass is 10.2. The largest absolute Gasteiger partial charge is 0.354 e. The summed E-state index contributed by atoms with van der Waals surface area (Å²) in [7, 11) is 0. The summed E-state index contributed by atoms with van der Waals surface area (Å²) in [5.74, 6) is 0.105. The lowest BCUT2D eigenvalue weighted by Gasteiger charge is -2.09. The molecule has 1 rings (SSSR count). The molecular weight excluding hydrogens is 238 g/mol. The molecular formula is C12H15NO3S. The van der Waals surface area contributed by atoms with Crippen molar-refractivity contribution in [3.8, 4) is 0 Å². The quantitative estimate of drug-likeness (QED) is 0.748. The molecule has 0 heterocycles. The van der Waals surface area contributed by atoms with E-state index < -0.39 is 0 Å². The minimum Gasteiger partial charge on any atom is -0.354 e. The zero-order valence-electron chi connectivity index (χ0n) is 9.86. The van der Waals surface area contributed by atoms with Crippen LogP contribution >= 0.6 is 11.8 Å². The minimum atomic E-state index is -0.182. The van der Waals surface area contributed by atoms with Crippen LogP contribution in [0.2, 0.25) is 0 Å². The molecule has 4 nitrogen and oxygen atoms in total. The first-order valence-corrected chi connectivity index (χ1v) is 6.38. The van der Waals surface area contributed by atoms with Gasteiger partial charge < -0.3 is 5.32 Å². The van der Waals surface area contributed by atoms with Gasteiger partial charge in [0.2, 0.25) is 5.91 Å². The summed E-state index contributed by atoms with van der Waals surface area (Å²) >= 11 is 1.24. The van der Waals surface area contributed by atoms with Crippen LogP contribution in [0.15, 0.2) is 23.1 Å². The third kappa shape index (κ3) is 4.99. The normalized spacial score (nSPS) is 15.1. The van der Waals surface area contributed by atoms with E-state index in [1.165, 1.54) is 30.0 Å². The molecule has 0 spiro atoms. The number of ketones is 2. The number of allylic oxidation sites excluding steroid dienone is 4. The Hall–Kier alpha value is -1.36. The highest BCUT2D eigenvalue weighted by atomic mass is 32.2. The van der Waals surface area contributed by atoms with E-state index >= 15 is 0 Å². The van der Waals surface area contributed by atoms with Crippen LogP contribution in [-0.2, 0) is 14.4 Å². The van der Waals surface area contributed by atoms with Crippen molar-refractivity contribution in [1.82, 2.24) is 5.32 Å². The zero-order valence-corrected chi connectivity index (χ0v) is 10.7. The second-order valence-corrected chi connectivity index (χ2v) is 5.07. The minimum absolute atomic E-state index is 0.0433. The van der Waals surface area contributed by atoms with E-state index in [9.17, 15) is 14.4 Å². The number of amides is 1. The molecule has 1 amide bonds. The van der Waals surface area contributed by atoms with Crippen LogP contribution in [0.25, 0.3) is 0 Å². The maximum atomic E-state index is 11.4. The fourth-order valence-electron chi connectivity index (χ4n) is 1.25. The number of rotatable bonds is 5. The Labute approximate surface area is 105 Å². The summed E-state index contributed by atoms with van der Waals surface area (Å²) in [6, 6.07) is 0.118. The van der Waals surface area contributed by atoms with Crippen molar-refractivity contribution >= 4 is 29.2 Å². The van der Waals surface area contributed by atoms with Crippen molar-refractivity contribution in [1.29, 1.82) is 0 Å². The van der Waals surface area contributed by atoms with Gasteiger partial charge in [-0.15, -0.1) is 11.8 Å². The average Bonchev–Trinajstić information content (AvgIpc) is 2.22. The molecule has 0 aromatic carbocycles. The monoisotopic (exact) mass is 253 g/mol. The summed E-state index contributed by atoms with van der Waals surface area (Å²) < 4.78 is 0. The lowest BCUT2D eigenvalue weighted by molar-refractivity contribution is -0.121. The van der Waals surface area contributed by atoms with Crippen LogP contribution in [0, 0.1) is 0 Å². The highest BCUT2D eigenvalue weighted by Gasteiger charge is 2.14. The molecule has 0 radical (unpaired) electrons. The number of hydrogen-bond acceptors (Lipinski definition) is 4. The van der Waals surface area contributed by atoms with E-state index in [-0.39, 0.29) is 23.5 Å². The van der Waals surface area contributed by atoms with Gasteiger partial charge in [-0.25, -0.2) is 0 Å². The van der Waals surface area contributed by atoms with E-state index in [0.717, 1.165) is 0 Å². The van der Waals surface area contributed by atoms with Crippen LogP contribution < -0.4 is 5.32 Å². The Morgan fingerprint density at radius 2 is 2.06 bits per heavy atom. The molecule has 0 fully saturated rings. The van der Waals surface area contributed by atoms with Crippen LogP contribution in [-0.4, -0.2) is 29.3 Å². The predicted octanol–water partition coefficient (Wildman–Crippen LogP) is 1.23. The molecule has 17 heavy (non-hydrogen) atoms. The summed E-state index contributed by atoms with van der Waals surface area (Å²) in [6.45, 7) is 3.78. The summed E-state index contributed by atoms with van der Waals surface area (Å²) in [5, 5.41) is 2.76. The molecule has 0 saturated carbocycles. The molecule has 0 aliphatic heterocycles. The van der Waals surface area contributed by atoms with Gasteiger partial charge in [0.25, 0.3) is 0 Å². The number of nitrogens with one attached hydrogen (secondary N) is 1. The van der Waals surface area contributed by atoms with Gasteiger partial charge in [0.1, 0.15) is 0 Å². The Bertz CT molecular complexity index is 397. The average molecular weight is 253 g/mol. The van der Waals surface area contributed by atoms with E-state index in [1.807, 2.05) is 13.8 Å². The molecule has 0 aromatic rings. The predicted molar refractivity (Wildman–Crippen MR) is 67.6 cm³/mol. The second-order valence-electron chi connectivity index (χ2n) is 3.93. The van der Waals surface area contributed by atoms with Crippen molar-refractivity contribution < 1.29 is 14.4 Å². The second kappa shape index (κ2) is 6.39. The molecule has 0 aromatic heterocycles. The highest BCUT2D eigenvalue weighted by Crippen LogP contribution is 2.20. The van der Waals surface area contributed by atoms with Crippen molar-refractivity contribution in [2.24, 2.45) is 0 Å². The third-order valence-corrected chi connectivity index (χ3v) is 2.99.